The third-order valence-electron chi connectivity index (χ3n) is 5.62. The van der Waals surface area contributed by atoms with Gasteiger partial charge in [0.05, 0.1) is 35.8 Å². The highest BCUT2D eigenvalue weighted by molar-refractivity contribution is 6.04. The van der Waals surface area contributed by atoms with Gasteiger partial charge < -0.3 is 9.64 Å². The van der Waals surface area contributed by atoms with Gasteiger partial charge in [0.2, 0.25) is 0 Å². The molecule has 0 spiro atoms. The second-order valence-corrected chi connectivity index (χ2v) is 7.73. The molecular formula is C22H18F3N5O3. The van der Waals surface area contributed by atoms with Gasteiger partial charge in [0.25, 0.3) is 11.5 Å². The summed E-state index contributed by atoms with van der Waals surface area (Å²) in [5.74, 6) is -0.205. The number of carbonyl (C=O) groups is 1. The Morgan fingerprint density at radius 1 is 1.06 bits per heavy atom. The van der Waals surface area contributed by atoms with E-state index in [0.29, 0.717) is 52.9 Å². The van der Waals surface area contributed by atoms with Gasteiger partial charge >= 0.3 is 6.18 Å². The molecule has 0 bridgehead atoms. The summed E-state index contributed by atoms with van der Waals surface area (Å²) < 4.78 is 45.7. The molecule has 0 aliphatic carbocycles. The van der Waals surface area contributed by atoms with Crippen LogP contribution in [0.5, 0.6) is 0 Å². The fourth-order valence-corrected chi connectivity index (χ4v) is 4.01. The van der Waals surface area contributed by atoms with Crippen LogP contribution in [0.3, 0.4) is 0 Å². The number of nitrogens with zero attached hydrogens (tertiary/aromatic N) is 4. The molecule has 1 amide bonds. The lowest BCUT2D eigenvalue weighted by atomic mass is 10.0. The Bertz CT molecular complexity index is 1400. The molecule has 1 fully saturated rings. The van der Waals surface area contributed by atoms with E-state index in [0.717, 1.165) is 0 Å². The third kappa shape index (κ3) is 3.95. The molecule has 0 atom stereocenters. The largest absolute Gasteiger partial charge is 0.406 e. The molecule has 0 unspecified atom stereocenters. The number of hydrogen-bond donors (Lipinski definition) is 1. The van der Waals surface area contributed by atoms with Crippen LogP contribution < -0.4 is 5.56 Å². The summed E-state index contributed by atoms with van der Waals surface area (Å²) >= 11 is 0. The van der Waals surface area contributed by atoms with Crippen LogP contribution >= 0.6 is 0 Å². The van der Waals surface area contributed by atoms with Crippen molar-refractivity contribution >= 4 is 27.7 Å². The van der Waals surface area contributed by atoms with E-state index in [-0.39, 0.29) is 22.5 Å². The van der Waals surface area contributed by atoms with Crippen molar-refractivity contribution in [2.24, 2.45) is 0 Å². The Morgan fingerprint density at radius 3 is 2.52 bits per heavy atom. The Hall–Kier alpha value is -3.73. The SMILES string of the molecule is O=C(c1ccc(-c2ccc3c4[nH]ncc4c(=O)n(CC(F)(F)F)c3c2)cn1)N1CCOCC1. The number of amides is 1. The minimum atomic E-state index is -4.58. The fraction of sp³-hybridized carbons (Fsp3) is 0.273. The highest BCUT2D eigenvalue weighted by Crippen LogP contribution is 2.29. The molecule has 1 aromatic carbocycles. The molecule has 1 aliphatic rings. The Kier molecular flexibility index (Phi) is 5.12. The number of ether oxygens (including phenoxy) is 1. The number of aromatic amines is 1. The van der Waals surface area contributed by atoms with Gasteiger partial charge in [0, 0.05) is 30.2 Å². The van der Waals surface area contributed by atoms with Crippen LogP contribution in [-0.4, -0.2) is 63.0 Å². The van der Waals surface area contributed by atoms with Crippen molar-refractivity contribution in [1.29, 1.82) is 0 Å². The number of morpholine rings is 1. The second-order valence-electron chi connectivity index (χ2n) is 7.73. The highest BCUT2D eigenvalue weighted by atomic mass is 19.4. The smallest absolute Gasteiger partial charge is 0.378 e. The highest BCUT2D eigenvalue weighted by Gasteiger charge is 2.30. The van der Waals surface area contributed by atoms with Crippen LogP contribution in [-0.2, 0) is 11.3 Å². The molecule has 0 saturated carbocycles. The zero-order chi connectivity index (χ0) is 23.2. The average molecular weight is 457 g/mol. The van der Waals surface area contributed by atoms with E-state index in [4.69, 9.17) is 4.74 Å². The van der Waals surface area contributed by atoms with Crippen molar-refractivity contribution in [3.05, 3.63) is 58.8 Å². The third-order valence-corrected chi connectivity index (χ3v) is 5.62. The zero-order valence-electron chi connectivity index (χ0n) is 17.2. The van der Waals surface area contributed by atoms with Gasteiger partial charge in [-0.25, -0.2) is 0 Å². The van der Waals surface area contributed by atoms with Crippen molar-refractivity contribution in [3.8, 4) is 11.1 Å². The number of carbonyl (C=O) groups excluding carboxylic acids is 1. The van der Waals surface area contributed by atoms with Crippen molar-refractivity contribution in [2.75, 3.05) is 26.3 Å². The second kappa shape index (κ2) is 8.00. The first kappa shape index (κ1) is 21.1. The van der Waals surface area contributed by atoms with E-state index in [1.54, 1.807) is 29.2 Å². The van der Waals surface area contributed by atoms with E-state index in [2.05, 4.69) is 15.2 Å². The number of alkyl halides is 3. The zero-order valence-corrected chi connectivity index (χ0v) is 17.2. The molecule has 8 nitrogen and oxygen atoms in total. The van der Waals surface area contributed by atoms with E-state index >= 15 is 0 Å². The molecule has 1 N–H and O–H groups in total. The predicted molar refractivity (Wildman–Crippen MR) is 114 cm³/mol. The summed E-state index contributed by atoms with van der Waals surface area (Å²) in [5.41, 5.74) is 1.17. The molecule has 0 radical (unpaired) electrons. The van der Waals surface area contributed by atoms with Crippen molar-refractivity contribution in [2.45, 2.75) is 12.7 Å². The Morgan fingerprint density at radius 2 is 1.82 bits per heavy atom. The van der Waals surface area contributed by atoms with E-state index < -0.39 is 18.3 Å². The minimum Gasteiger partial charge on any atom is -0.378 e. The molecule has 4 heterocycles. The summed E-state index contributed by atoms with van der Waals surface area (Å²) in [5, 5.41) is 7.05. The number of H-pyrrole nitrogens is 1. The minimum absolute atomic E-state index is 0.0899. The molecule has 1 saturated heterocycles. The van der Waals surface area contributed by atoms with Crippen molar-refractivity contribution in [3.63, 3.8) is 0 Å². The summed E-state index contributed by atoms with van der Waals surface area (Å²) in [7, 11) is 0. The molecule has 5 rings (SSSR count). The normalized spacial score (nSPS) is 14.8. The van der Waals surface area contributed by atoms with Crippen LogP contribution in [0, 0.1) is 0 Å². The van der Waals surface area contributed by atoms with Crippen molar-refractivity contribution in [1.82, 2.24) is 24.6 Å². The molecule has 4 aromatic rings. The predicted octanol–water partition coefficient (Wildman–Crippen LogP) is 2.97. The number of halogens is 3. The number of nitrogens with one attached hydrogen (secondary N) is 1. The van der Waals surface area contributed by atoms with Gasteiger partial charge in [-0.15, -0.1) is 0 Å². The van der Waals surface area contributed by atoms with Crippen LogP contribution in [0.1, 0.15) is 10.5 Å². The maximum absolute atomic E-state index is 13.2. The number of benzene rings is 1. The van der Waals surface area contributed by atoms with Gasteiger partial charge in [-0.05, 0) is 17.7 Å². The average Bonchev–Trinajstić information content (AvgIpc) is 3.31. The van der Waals surface area contributed by atoms with Gasteiger partial charge in [-0.1, -0.05) is 18.2 Å². The summed E-state index contributed by atoms with van der Waals surface area (Å²) in [6.45, 7) is 0.518. The molecule has 1 aliphatic heterocycles. The molecule has 3 aromatic heterocycles. The standard InChI is InChI=1S/C22H18F3N5O3/c23-22(24,25)12-30-18-9-13(1-3-15(18)19-16(20(30)31)11-27-28-19)14-2-4-17(26-10-14)21(32)29-5-7-33-8-6-29/h1-4,9-11H,5-8,12H2,(H,27,28). The van der Waals surface area contributed by atoms with Crippen molar-refractivity contribution < 1.29 is 22.7 Å². The maximum atomic E-state index is 13.2. The van der Waals surface area contributed by atoms with E-state index in [1.807, 2.05) is 0 Å². The summed E-state index contributed by atoms with van der Waals surface area (Å²) in [4.78, 5) is 31.2. The summed E-state index contributed by atoms with van der Waals surface area (Å²) in [6, 6.07) is 8.15. The fourth-order valence-electron chi connectivity index (χ4n) is 4.01. The van der Waals surface area contributed by atoms with E-state index in [1.165, 1.54) is 18.5 Å². The number of aromatic nitrogens is 4. The van der Waals surface area contributed by atoms with Crippen LogP contribution in [0.15, 0.2) is 47.5 Å². The first-order valence-corrected chi connectivity index (χ1v) is 10.2. The Labute approximate surface area is 184 Å². The van der Waals surface area contributed by atoms with Crippen LogP contribution in [0.4, 0.5) is 13.2 Å². The lowest BCUT2D eigenvalue weighted by molar-refractivity contribution is -0.140. The lowest BCUT2D eigenvalue weighted by Gasteiger charge is -2.26. The van der Waals surface area contributed by atoms with Gasteiger partial charge in [0.15, 0.2) is 0 Å². The Balaban J connectivity index is 1.56. The lowest BCUT2D eigenvalue weighted by Crippen LogP contribution is -2.41. The van der Waals surface area contributed by atoms with E-state index in [9.17, 15) is 22.8 Å². The first-order chi connectivity index (χ1) is 15.8. The number of rotatable bonds is 3. The summed E-state index contributed by atoms with van der Waals surface area (Å²) in [6.07, 6.45) is -1.85. The number of pyridine rings is 2. The topological polar surface area (TPSA) is 93.1 Å². The maximum Gasteiger partial charge on any atom is 0.406 e. The van der Waals surface area contributed by atoms with Gasteiger partial charge in [-0.2, -0.15) is 18.3 Å². The molecule has 33 heavy (non-hydrogen) atoms. The quantitative estimate of drug-likeness (QED) is 0.511. The molecular weight excluding hydrogens is 439 g/mol. The van der Waals surface area contributed by atoms with Crippen LogP contribution in [0.2, 0.25) is 0 Å². The van der Waals surface area contributed by atoms with Gasteiger partial charge in [-0.3, -0.25) is 24.2 Å². The number of fused-ring (bicyclic) bond motifs is 3. The first-order valence-electron chi connectivity index (χ1n) is 10.2. The van der Waals surface area contributed by atoms with Crippen LogP contribution in [0.25, 0.3) is 32.9 Å². The van der Waals surface area contributed by atoms with Gasteiger partial charge in [0.1, 0.15) is 12.2 Å². The molecule has 11 heteroatoms. The monoisotopic (exact) mass is 457 g/mol. The number of hydrogen-bond acceptors (Lipinski definition) is 5. The molecule has 170 valence electrons.